The van der Waals surface area contributed by atoms with E-state index in [1.807, 2.05) is 19.1 Å². The van der Waals surface area contributed by atoms with Crippen LogP contribution in [-0.4, -0.2) is 36.0 Å². The molecule has 0 bridgehead atoms. The van der Waals surface area contributed by atoms with Gasteiger partial charge in [0.2, 0.25) is 0 Å². The van der Waals surface area contributed by atoms with E-state index in [-0.39, 0.29) is 5.91 Å². The number of benzene rings is 1. The van der Waals surface area contributed by atoms with Crippen LogP contribution in [0.4, 0.5) is 5.69 Å². The van der Waals surface area contributed by atoms with Crippen molar-refractivity contribution >= 4 is 11.6 Å². The van der Waals surface area contributed by atoms with Crippen LogP contribution in [0.3, 0.4) is 0 Å². The Morgan fingerprint density at radius 1 is 1.37 bits per heavy atom. The first-order chi connectivity index (χ1) is 9.15. The molecule has 1 aromatic rings. The molecule has 0 saturated carbocycles. The van der Waals surface area contributed by atoms with Gasteiger partial charge in [0.25, 0.3) is 5.91 Å². The molecule has 0 aromatic heterocycles. The van der Waals surface area contributed by atoms with Gasteiger partial charge in [-0.2, -0.15) is 0 Å². The molecule has 0 aliphatic carbocycles. The minimum absolute atomic E-state index is 0.00505. The maximum Gasteiger partial charge on any atom is 0.251 e. The second-order valence-electron chi connectivity index (χ2n) is 5.69. The number of rotatable bonds is 2. The van der Waals surface area contributed by atoms with E-state index in [4.69, 9.17) is 5.73 Å². The van der Waals surface area contributed by atoms with Crippen LogP contribution in [0.15, 0.2) is 18.2 Å². The molecule has 2 unspecified atom stereocenters. The van der Waals surface area contributed by atoms with Gasteiger partial charge in [0.15, 0.2) is 0 Å². The van der Waals surface area contributed by atoms with E-state index in [2.05, 4.69) is 10.2 Å². The summed E-state index contributed by atoms with van der Waals surface area (Å²) in [6, 6.07) is 6.37. The topological polar surface area (TPSA) is 58.4 Å². The lowest BCUT2D eigenvalue weighted by Crippen LogP contribution is -2.42. The maximum atomic E-state index is 12.3. The first-order valence-electron chi connectivity index (χ1n) is 7.06. The van der Waals surface area contributed by atoms with Gasteiger partial charge >= 0.3 is 0 Å². The van der Waals surface area contributed by atoms with Gasteiger partial charge in [-0.05, 0) is 50.4 Å². The van der Waals surface area contributed by atoms with Crippen molar-refractivity contribution in [2.45, 2.75) is 38.3 Å². The first kappa shape index (κ1) is 12.5. The summed E-state index contributed by atoms with van der Waals surface area (Å²) < 4.78 is 0. The smallest absolute Gasteiger partial charge is 0.251 e. The summed E-state index contributed by atoms with van der Waals surface area (Å²) >= 11 is 0. The molecule has 4 nitrogen and oxygen atoms in total. The second-order valence-corrected chi connectivity index (χ2v) is 5.69. The number of amides is 1. The third-order valence-corrected chi connectivity index (χ3v) is 4.46. The molecule has 0 radical (unpaired) electrons. The number of fused-ring (bicyclic) bond motifs is 1. The zero-order chi connectivity index (χ0) is 13.4. The number of nitrogens with one attached hydrogen (secondary N) is 1. The fourth-order valence-electron chi connectivity index (χ4n) is 3.28. The number of aryl methyl sites for hydroxylation is 1. The fraction of sp³-hybridized carbons (Fsp3) is 0.533. The number of hydrogen-bond acceptors (Lipinski definition) is 3. The molecule has 4 heteroatoms. The molecule has 2 saturated heterocycles. The predicted molar refractivity (Wildman–Crippen MR) is 76.1 cm³/mol. The number of nitrogens with zero attached hydrogens (tertiary/aromatic N) is 1. The fourth-order valence-corrected chi connectivity index (χ4v) is 3.28. The van der Waals surface area contributed by atoms with Gasteiger partial charge in [-0.3, -0.25) is 9.69 Å². The molecule has 2 heterocycles. The zero-order valence-corrected chi connectivity index (χ0v) is 11.4. The van der Waals surface area contributed by atoms with Crippen molar-refractivity contribution in [3.63, 3.8) is 0 Å². The van der Waals surface area contributed by atoms with Crippen LogP contribution < -0.4 is 11.1 Å². The van der Waals surface area contributed by atoms with Crippen molar-refractivity contribution in [3.8, 4) is 0 Å². The Labute approximate surface area is 114 Å². The van der Waals surface area contributed by atoms with Crippen LogP contribution in [0.1, 0.15) is 35.2 Å². The normalized spacial score (nSPS) is 26.4. The second kappa shape index (κ2) is 4.85. The molecule has 3 N–H and O–H groups in total. The zero-order valence-electron chi connectivity index (χ0n) is 11.4. The van der Waals surface area contributed by atoms with Gasteiger partial charge in [0.1, 0.15) is 0 Å². The summed E-state index contributed by atoms with van der Waals surface area (Å²) in [5, 5.41) is 3.18. The van der Waals surface area contributed by atoms with Crippen LogP contribution in [0.5, 0.6) is 0 Å². The number of hydrogen-bond donors (Lipinski definition) is 2. The summed E-state index contributed by atoms with van der Waals surface area (Å²) in [5.74, 6) is 0.00505. The molecular weight excluding hydrogens is 238 g/mol. The number of nitrogen functional groups attached to an aromatic ring is 1. The third-order valence-electron chi connectivity index (χ3n) is 4.46. The molecule has 2 aliphatic rings. The van der Waals surface area contributed by atoms with E-state index >= 15 is 0 Å². The largest absolute Gasteiger partial charge is 0.398 e. The van der Waals surface area contributed by atoms with Crippen molar-refractivity contribution < 1.29 is 4.79 Å². The van der Waals surface area contributed by atoms with Crippen molar-refractivity contribution in [3.05, 3.63) is 29.3 Å². The van der Waals surface area contributed by atoms with Crippen LogP contribution in [-0.2, 0) is 0 Å². The van der Waals surface area contributed by atoms with Gasteiger partial charge in [-0.25, -0.2) is 0 Å². The minimum atomic E-state index is 0.00505. The van der Waals surface area contributed by atoms with E-state index in [1.165, 1.54) is 19.4 Å². The molecule has 19 heavy (non-hydrogen) atoms. The molecule has 102 valence electrons. The van der Waals surface area contributed by atoms with Gasteiger partial charge in [-0.1, -0.05) is 6.07 Å². The Morgan fingerprint density at radius 2 is 2.21 bits per heavy atom. The Morgan fingerprint density at radius 3 is 3.00 bits per heavy atom. The van der Waals surface area contributed by atoms with E-state index in [0.717, 1.165) is 18.5 Å². The minimum Gasteiger partial charge on any atom is -0.398 e. The Balaban J connectivity index is 1.69. The summed E-state index contributed by atoms with van der Waals surface area (Å²) in [4.78, 5) is 14.8. The van der Waals surface area contributed by atoms with Gasteiger partial charge in [0, 0.05) is 29.9 Å². The highest BCUT2D eigenvalue weighted by Crippen LogP contribution is 2.28. The molecule has 1 amide bonds. The molecule has 2 aliphatic heterocycles. The maximum absolute atomic E-state index is 12.3. The molecular formula is C15H21N3O. The summed E-state index contributed by atoms with van der Waals surface area (Å²) in [6.45, 7) is 4.25. The van der Waals surface area contributed by atoms with E-state index in [0.29, 0.717) is 23.3 Å². The van der Waals surface area contributed by atoms with Crippen molar-refractivity contribution in [2.24, 2.45) is 0 Å². The molecule has 0 spiro atoms. The average molecular weight is 259 g/mol. The summed E-state index contributed by atoms with van der Waals surface area (Å²) in [7, 11) is 0. The number of anilines is 1. The quantitative estimate of drug-likeness (QED) is 0.792. The Hall–Kier alpha value is -1.55. The van der Waals surface area contributed by atoms with Gasteiger partial charge in [0.05, 0.1) is 0 Å². The average Bonchev–Trinajstić information content (AvgIpc) is 2.97. The van der Waals surface area contributed by atoms with Crippen LogP contribution in [0.2, 0.25) is 0 Å². The van der Waals surface area contributed by atoms with Crippen LogP contribution in [0.25, 0.3) is 0 Å². The number of carbonyl (C=O) groups excluding carboxylic acids is 1. The molecule has 2 atom stereocenters. The lowest BCUT2D eigenvalue weighted by Gasteiger charge is -2.21. The van der Waals surface area contributed by atoms with Gasteiger partial charge in [-0.15, -0.1) is 0 Å². The highest BCUT2D eigenvalue weighted by Gasteiger charge is 2.37. The number of carbonyl (C=O) groups is 1. The Kier molecular flexibility index (Phi) is 3.19. The molecule has 1 aromatic carbocycles. The SMILES string of the molecule is Cc1ccc(C(=O)NC2CCN3CCCC23)cc1N. The van der Waals surface area contributed by atoms with E-state index in [9.17, 15) is 4.79 Å². The van der Waals surface area contributed by atoms with Crippen molar-refractivity contribution in [1.82, 2.24) is 10.2 Å². The summed E-state index contributed by atoms with van der Waals surface area (Å²) in [6.07, 6.45) is 3.53. The summed E-state index contributed by atoms with van der Waals surface area (Å²) in [5.41, 5.74) is 8.23. The molecule has 3 rings (SSSR count). The van der Waals surface area contributed by atoms with Crippen LogP contribution >= 0.6 is 0 Å². The number of nitrogens with two attached hydrogens (primary N) is 1. The highest BCUT2D eigenvalue weighted by atomic mass is 16.1. The lowest BCUT2D eigenvalue weighted by molar-refractivity contribution is 0.0929. The van der Waals surface area contributed by atoms with Gasteiger partial charge < -0.3 is 11.1 Å². The molecule has 2 fully saturated rings. The van der Waals surface area contributed by atoms with E-state index in [1.54, 1.807) is 6.07 Å². The van der Waals surface area contributed by atoms with Crippen molar-refractivity contribution in [2.75, 3.05) is 18.8 Å². The van der Waals surface area contributed by atoms with Crippen molar-refractivity contribution in [1.29, 1.82) is 0 Å². The predicted octanol–water partition coefficient (Wildman–Crippen LogP) is 1.54. The third kappa shape index (κ3) is 2.32. The lowest BCUT2D eigenvalue weighted by atomic mass is 10.1. The highest BCUT2D eigenvalue weighted by molar-refractivity contribution is 5.95. The van der Waals surface area contributed by atoms with Crippen LogP contribution in [0, 0.1) is 6.92 Å². The Bertz CT molecular complexity index is 500. The van der Waals surface area contributed by atoms with E-state index < -0.39 is 0 Å². The standard InChI is InChI=1S/C15H21N3O/c1-10-4-5-11(9-12(10)16)15(19)17-13-6-8-18-7-2-3-14(13)18/h4-5,9,13-14H,2-3,6-8,16H2,1H3,(H,17,19). The first-order valence-corrected chi connectivity index (χ1v) is 7.06. The monoisotopic (exact) mass is 259 g/mol.